The van der Waals surface area contributed by atoms with E-state index in [1.54, 1.807) is 30.5 Å². The summed E-state index contributed by atoms with van der Waals surface area (Å²) in [5, 5.41) is 14.5. The van der Waals surface area contributed by atoms with Crippen molar-refractivity contribution in [2.75, 3.05) is 11.9 Å². The van der Waals surface area contributed by atoms with Gasteiger partial charge in [-0.05, 0) is 30.0 Å². The predicted octanol–water partition coefficient (Wildman–Crippen LogP) is 3.54. The third-order valence-corrected chi connectivity index (χ3v) is 4.49. The lowest BCUT2D eigenvalue weighted by atomic mass is 9.91. The first kappa shape index (κ1) is 14.5. The van der Waals surface area contributed by atoms with E-state index in [2.05, 4.69) is 30.2 Å². The quantitative estimate of drug-likeness (QED) is 0.884. The van der Waals surface area contributed by atoms with E-state index in [-0.39, 0.29) is 11.0 Å². The summed E-state index contributed by atoms with van der Waals surface area (Å²) in [5.74, 6) is -0.519. The molecule has 4 nitrogen and oxygen atoms in total. The maximum Gasteiger partial charge on any atom is 0.339 e. The van der Waals surface area contributed by atoms with E-state index < -0.39 is 5.97 Å². The van der Waals surface area contributed by atoms with Crippen LogP contribution in [-0.2, 0) is 5.41 Å². The van der Waals surface area contributed by atoms with Crippen LogP contribution in [0, 0.1) is 6.92 Å². The number of aromatic nitrogens is 1. The molecule has 0 aliphatic rings. The highest BCUT2D eigenvalue weighted by atomic mass is 32.1. The van der Waals surface area contributed by atoms with Gasteiger partial charge in [-0.25, -0.2) is 9.78 Å². The number of pyridine rings is 1. The minimum absolute atomic E-state index is 0.0740. The first-order valence-electron chi connectivity index (χ1n) is 6.38. The summed E-state index contributed by atoms with van der Waals surface area (Å²) in [4.78, 5) is 16.7. The van der Waals surface area contributed by atoms with E-state index in [0.29, 0.717) is 17.9 Å². The topological polar surface area (TPSA) is 62.2 Å². The van der Waals surface area contributed by atoms with Crippen molar-refractivity contribution in [3.05, 3.63) is 45.8 Å². The molecule has 2 aromatic heterocycles. The Morgan fingerprint density at radius 3 is 2.80 bits per heavy atom. The highest BCUT2D eigenvalue weighted by molar-refractivity contribution is 7.10. The average molecular weight is 290 g/mol. The molecule has 0 unspecified atom stereocenters. The first-order chi connectivity index (χ1) is 9.42. The van der Waals surface area contributed by atoms with Gasteiger partial charge in [0.05, 0.1) is 0 Å². The molecule has 2 N–H and O–H groups in total. The number of nitrogens with one attached hydrogen (secondary N) is 1. The number of hydrogen-bond donors (Lipinski definition) is 2. The highest BCUT2D eigenvalue weighted by Gasteiger charge is 2.23. The molecule has 106 valence electrons. The van der Waals surface area contributed by atoms with Crippen LogP contribution in [0.2, 0.25) is 0 Å². The van der Waals surface area contributed by atoms with Gasteiger partial charge in [-0.1, -0.05) is 19.9 Å². The van der Waals surface area contributed by atoms with Gasteiger partial charge in [0.2, 0.25) is 0 Å². The molecular formula is C15H18N2O2S. The van der Waals surface area contributed by atoms with Crippen LogP contribution < -0.4 is 5.32 Å². The number of aromatic carboxylic acids is 1. The molecule has 5 heteroatoms. The van der Waals surface area contributed by atoms with Gasteiger partial charge in [0.1, 0.15) is 11.4 Å². The van der Waals surface area contributed by atoms with Crippen molar-refractivity contribution >= 4 is 23.1 Å². The lowest BCUT2D eigenvalue weighted by Crippen LogP contribution is -2.27. The van der Waals surface area contributed by atoms with Crippen LogP contribution in [0.15, 0.2) is 29.8 Å². The van der Waals surface area contributed by atoms with Crippen LogP contribution in [0.25, 0.3) is 0 Å². The lowest BCUT2D eigenvalue weighted by Gasteiger charge is -2.24. The Morgan fingerprint density at radius 1 is 1.45 bits per heavy atom. The fourth-order valence-electron chi connectivity index (χ4n) is 2.02. The molecule has 2 heterocycles. The van der Waals surface area contributed by atoms with Gasteiger partial charge in [-0.15, -0.1) is 11.3 Å². The van der Waals surface area contributed by atoms with Crippen molar-refractivity contribution in [2.24, 2.45) is 0 Å². The van der Waals surface area contributed by atoms with Crippen LogP contribution in [0.3, 0.4) is 0 Å². The van der Waals surface area contributed by atoms with E-state index >= 15 is 0 Å². The Labute approximate surface area is 122 Å². The first-order valence-corrected chi connectivity index (χ1v) is 7.26. The number of carboxylic acids is 1. The number of rotatable bonds is 5. The van der Waals surface area contributed by atoms with Crippen molar-refractivity contribution in [3.8, 4) is 0 Å². The second-order valence-corrected chi connectivity index (χ2v) is 6.32. The van der Waals surface area contributed by atoms with Crippen molar-refractivity contribution in [3.63, 3.8) is 0 Å². The molecule has 0 atom stereocenters. The molecular weight excluding hydrogens is 272 g/mol. The molecule has 20 heavy (non-hydrogen) atoms. The normalized spacial score (nSPS) is 11.3. The number of thiophene rings is 1. The molecule has 0 amide bonds. The van der Waals surface area contributed by atoms with Gasteiger partial charge in [-0.3, -0.25) is 0 Å². The lowest BCUT2D eigenvalue weighted by molar-refractivity contribution is 0.0696. The minimum Gasteiger partial charge on any atom is -0.478 e. The van der Waals surface area contributed by atoms with Crippen molar-refractivity contribution < 1.29 is 9.90 Å². The van der Waals surface area contributed by atoms with Gasteiger partial charge in [0, 0.05) is 23.0 Å². The number of aryl methyl sites for hydroxylation is 1. The molecule has 0 aliphatic heterocycles. The Morgan fingerprint density at radius 2 is 2.20 bits per heavy atom. The van der Waals surface area contributed by atoms with E-state index in [4.69, 9.17) is 0 Å². The number of nitrogens with zero attached hydrogens (tertiary/aromatic N) is 1. The molecule has 0 radical (unpaired) electrons. The summed E-state index contributed by atoms with van der Waals surface area (Å²) in [6, 6.07) is 5.82. The van der Waals surface area contributed by atoms with Gasteiger partial charge in [0.15, 0.2) is 0 Å². The molecule has 0 fully saturated rings. The monoisotopic (exact) mass is 290 g/mol. The van der Waals surface area contributed by atoms with E-state index in [0.717, 1.165) is 0 Å². The number of anilines is 1. The van der Waals surface area contributed by atoms with Gasteiger partial charge < -0.3 is 10.4 Å². The van der Waals surface area contributed by atoms with Crippen LogP contribution in [-0.4, -0.2) is 22.6 Å². The Hall–Kier alpha value is -1.88. The van der Waals surface area contributed by atoms with Crippen molar-refractivity contribution in [1.29, 1.82) is 0 Å². The average Bonchev–Trinajstić information content (AvgIpc) is 2.90. The number of carbonyl (C=O) groups is 1. The zero-order valence-electron chi connectivity index (χ0n) is 11.8. The second kappa shape index (κ2) is 5.63. The maximum atomic E-state index is 11.3. The molecule has 0 aliphatic carbocycles. The van der Waals surface area contributed by atoms with Crippen LogP contribution in [0.1, 0.15) is 34.6 Å². The van der Waals surface area contributed by atoms with Gasteiger partial charge in [0.25, 0.3) is 0 Å². The summed E-state index contributed by atoms with van der Waals surface area (Å²) < 4.78 is 0. The molecule has 0 bridgehead atoms. The number of hydrogen-bond acceptors (Lipinski definition) is 4. The summed E-state index contributed by atoms with van der Waals surface area (Å²) in [6.07, 6.45) is 1.63. The maximum absolute atomic E-state index is 11.3. The van der Waals surface area contributed by atoms with E-state index in [9.17, 15) is 9.90 Å². The van der Waals surface area contributed by atoms with Crippen LogP contribution in [0.5, 0.6) is 0 Å². The molecule has 2 aromatic rings. The largest absolute Gasteiger partial charge is 0.478 e. The third-order valence-electron chi connectivity index (χ3n) is 3.26. The SMILES string of the molecule is Cc1ccnc(NCC(C)(C)c2cccs2)c1C(=O)O. The zero-order valence-corrected chi connectivity index (χ0v) is 12.6. The molecule has 0 aromatic carbocycles. The second-order valence-electron chi connectivity index (χ2n) is 5.37. The van der Waals surface area contributed by atoms with Crippen molar-refractivity contribution in [1.82, 2.24) is 4.98 Å². The Balaban J connectivity index is 2.20. The summed E-state index contributed by atoms with van der Waals surface area (Å²) in [6.45, 7) is 6.66. The van der Waals surface area contributed by atoms with E-state index in [1.807, 2.05) is 11.4 Å². The van der Waals surface area contributed by atoms with Gasteiger partial charge in [-0.2, -0.15) is 0 Å². The fourth-order valence-corrected chi connectivity index (χ4v) is 2.87. The van der Waals surface area contributed by atoms with Crippen LogP contribution in [0.4, 0.5) is 5.82 Å². The van der Waals surface area contributed by atoms with Crippen molar-refractivity contribution in [2.45, 2.75) is 26.2 Å². The summed E-state index contributed by atoms with van der Waals surface area (Å²) in [5.41, 5.74) is 0.883. The fraction of sp³-hybridized carbons (Fsp3) is 0.333. The molecule has 2 rings (SSSR count). The summed E-state index contributed by atoms with van der Waals surface area (Å²) in [7, 11) is 0. The Bertz CT molecular complexity index is 606. The van der Waals surface area contributed by atoms with E-state index in [1.165, 1.54) is 4.88 Å². The molecule has 0 saturated heterocycles. The molecule has 0 spiro atoms. The smallest absolute Gasteiger partial charge is 0.339 e. The zero-order chi connectivity index (χ0) is 14.8. The van der Waals surface area contributed by atoms with Crippen LogP contribution >= 0.6 is 11.3 Å². The standard InChI is InChI=1S/C15H18N2O2S/c1-10-6-7-16-13(12(10)14(18)19)17-9-15(2,3)11-5-4-8-20-11/h4-8H,9H2,1-3H3,(H,16,17)(H,18,19). The Kier molecular flexibility index (Phi) is 4.09. The summed E-state index contributed by atoms with van der Waals surface area (Å²) >= 11 is 1.70. The highest BCUT2D eigenvalue weighted by Crippen LogP contribution is 2.28. The third kappa shape index (κ3) is 2.99. The minimum atomic E-state index is -0.952. The van der Waals surface area contributed by atoms with Gasteiger partial charge >= 0.3 is 5.97 Å². The predicted molar refractivity (Wildman–Crippen MR) is 81.8 cm³/mol. The number of carboxylic acid groups (broad SMARTS) is 1. The molecule has 0 saturated carbocycles.